The first-order chi connectivity index (χ1) is 8.58. The van der Waals surface area contributed by atoms with Gasteiger partial charge in [-0.05, 0) is 6.92 Å². The van der Waals surface area contributed by atoms with E-state index in [0.29, 0.717) is 0 Å². The van der Waals surface area contributed by atoms with Crippen LogP contribution in [-0.4, -0.2) is 72.8 Å². The van der Waals surface area contributed by atoms with E-state index in [0.717, 1.165) is 26.2 Å². The molecule has 1 unspecified atom stereocenters. The van der Waals surface area contributed by atoms with E-state index in [1.165, 1.54) is 4.90 Å². The molecule has 0 aromatic heterocycles. The zero-order valence-electron chi connectivity index (χ0n) is 10.4. The Morgan fingerprint density at radius 2 is 2.00 bits per heavy atom. The Morgan fingerprint density at radius 3 is 2.67 bits per heavy atom. The van der Waals surface area contributed by atoms with Crippen LogP contribution in [0.5, 0.6) is 0 Å². The predicted molar refractivity (Wildman–Crippen MR) is 63.6 cm³/mol. The van der Waals surface area contributed by atoms with Gasteiger partial charge in [-0.1, -0.05) is 0 Å². The fraction of sp³-hybridized carbons (Fsp3) is 0.727. The molecule has 2 rings (SSSR count). The summed E-state index contributed by atoms with van der Waals surface area (Å²) in [5.74, 6) is -0.973. The van der Waals surface area contributed by atoms with Crippen molar-refractivity contribution in [2.24, 2.45) is 0 Å². The largest absolute Gasteiger partial charge is 0.321 e. The second-order valence-electron chi connectivity index (χ2n) is 4.64. The van der Waals surface area contributed by atoms with Crippen LogP contribution in [0.1, 0.15) is 6.92 Å². The van der Waals surface area contributed by atoms with Crippen molar-refractivity contribution in [3.05, 3.63) is 0 Å². The predicted octanol–water partition coefficient (Wildman–Crippen LogP) is -2.23. The zero-order chi connectivity index (χ0) is 13.1. The molecule has 0 aliphatic carbocycles. The quantitative estimate of drug-likeness (QED) is 0.545. The number of hydrogen-bond donors (Lipinski definition) is 2. The van der Waals surface area contributed by atoms with Gasteiger partial charge in [0.1, 0.15) is 12.6 Å². The van der Waals surface area contributed by atoms with Gasteiger partial charge in [-0.3, -0.25) is 24.6 Å². The Hall–Kier alpha value is -1.47. The summed E-state index contributed by atoms with van der Waals surface area (Å²) in [6.07, 6.45) is 0. The minimum atomic E-state index is -0.571. The van der Waals surface area contributed by atoms with Gasteiger partial charge in [0, 0.05) is 26.2 Å². The molecule has 0 aromatic carbocycles. The van der Waals surface area contributed by atoms with Gasteiger partial charge in [0.15, 0.2) is 0 Å². The van der Waals surface area contributed by atoms with Crippen LogP contribution in [0.4, 0.5) is 0 Å². The number of rotatable bonds is 2. The Kier molecular flexibility index (Phi) is 3.93. The highest BCUT2D eigenvalue weighted by Crippen LogP contribution is 2.06. The third-order valence-electron chi connectivity index (χ3n) is 3.31. The van der Waals surface area contributed by atoms with Crippen molar-refractivity contribution < 1.29 is 14.4 Å². The van der Waals surface area contributed by atoms with Crippen LogP contribution >= 0.6 is 0 Å². The Labute approximate surface area is 105 Å². The molecule has 0 aromatic rings. The number of carbonyl (C=O) groups is 3. The fourth-order valence-corrected chi connectivity index (χ4v) is 2.17. The molecular formula is C11H18N4O3. The lowest BCUT2D eigenvalue weighted by Crippen LogP contribution is -2.60. The van der Waals surface area contributed by atoms with Gasteiger partial charge in [-0.25, -0.2) is 0 Å². The maximum atomic E-state index is 12.1. The second kappa shape index (κ2) is 5.45. The van der Waals surface area contributed by atoms with Crippen molar-refractivity contribution in [1.82, 2.24) is 20.4 Å². The molecule has 2 aliphatic rings. The normalized spacial score (nSPS) is 26.1. The van der Waals surface area contributed by atoms with E-state index < -0.39 is 17.9 Å². The van der Waals surface area contributed by atoms with E-state index in [1.807, 2.05) is 4.90 Å². The SMILES string of the molecule is CC1C(=O)NC(=O)CN1C(=O)CN1CCNCC1. The maximum Gasteiger partial charge on any atom is 0.249 e. The highest BCUT2D eigenvalue weighted by molar-refractivity contribution is 6.04. The number of amides is 3. The smallest absolute Gasteiger partial charge is 0.249 e. The second-order valence-corrected chi connectivity index (χ2v) is 4.64. The molecule has 2 N–H and O–H groups in total. The molecule has 18 heavy (non-hydrogen) atoms. The maximum absolute atomic E-state index is 12.1. The molecule has 100 valence electrons. The van der Waals surface area contributed by atoms with Crippen LogP contribution in [0.25, 0.3) is 0 Å². The molecule has 2 fully saturated rings. The van der Waals surface area contributed by atoms with Gasteiger partial charge in [0.2, 0.25) is 17.7 Å². The molecule has 2 saturated heterocycles. The third-order valence-corrected chi connectivity index (χ3v) is 3.31. The average molecular weight is 254 g/mol. The molecular weight excluding hydrogens is 236 g/mol. The summed E-state index contributed by atoms with van der Waals surface area (Å²) in [6.45, 7) is 5.23. The summed E-state index contributed by atoms with van der Waals surface area (Å²) in [4.78, 5) is 38.2. The van der Waals surface area contributed by atoms with E-state index in [2.05, 4.69) is 10.6 Å². The lowest BCUT2D eigenvalue weighted by Gasteiger charge is -2.34. The Balaban J connectivity index is 1.94. The average Bonchev–Trinajstić information content (AvgIpc) is 2.35. The first-order valence-electron chi connectivity index (χ1n) is 6.14. The van der Waals surface area contributed by atoms with Crippen molar-refractivity contribution in [1.29, 1.82) is 0 Å². The van der Waals surface area contributed by atoms with Gasteiger partial charge in [0.05, 0.1) is 6.54 Å². The topological polar surface area (TPSA) is 81.8 Å². The number of nitrogens with one attached hydrogen (secondary N) is 2. The monoisotopic (exact) mass is 254 g/mol. The molecule has 7 nitrogen and oxygen atoms in total. The summed E-state index contributed by atoms with van der Waals surface area (Å²) in [6, 6.07) is -0.571. The van der Waals surface area contributed by atoms with E-state index in [1.54, 1.807) is 6.92 Å². The van der Waals surface area contributed by atoms with Gasteiger partial charge in [-0.2, -0.15) is 0 Å². The van der Waals surface area contributed by atoms with E-state index in [-0.39, 0.29) is 19.0 Å². The molecule has 1 atom stereocenters. The van der Waals surface area contributed by atoms with E-state index in [4.69, 9.17) is 0 Å². The van der Waals surface area contributed by atoms with Crippen LogP contribution < -0.4 is 10.6 Å². The first-order valence-corrected chi connectivity index (χ1v) is 6.14. The van der Waals surface area contributed by atoms with Crippen molar-refractivity contribution in [2.45, 2.75) is 13.0 Å². The van der Waals surface area contributed by atoms with E-state index in [9.17, 15) is 14.4 Å². The molecule has 7 heteroatoms. The van der Waals surface area contributed by atoms with Crippen LogP contribution in [0.15, 0.2) is 0 Å². The molecule has 0 spiro atoms. The summed E-state index contributed by atoms with van der Waals surface area (Å²) < 4.78 is 0. The number of carbonyl (C=O) groups excluding carboxylic acids is 3. The van der Waals surface area contributed by atoms with Crippen LogP contribution in [0.3, 0.4) is 0 Å². The number of piperazine rings is 2. The van der Waals surface area contributed by atoms with Gasteiger partial charge < -0.3 is 10.2 Å². The van der Waals surface area contributed by atoms with Gasteiger partial charge in [-0.15, -0.1) is 0 Å². The van der Waals surface area contributed by atoms with Crippen molar-refractivity contribution >= 4 is 17.7 Å². The van der Waals surface area contributed by atoms with E-state index >= 15 is 0 Å². The molecule has 2 heterocycles. The van der Waals surface area contributed by atoms with Crippen molar-refractivity contribution in [3.8, 4) is 0 Å². The van der Waals surface area contributed by atoms with Crippen LogP contribution in [0.2, 0.25) is 0 Å². The molecule has 2 aliphatic heterocycles. The Bertz CT molecular complexity index is 365. The third kappa shape index (κ3) is 2.85. The van der Waals surface area contributed by atoms with Crippen molar-refractivity contribution in [3.63, 3.8) is 0 Å². The Morgan fingerprint density at radius 1 is 1.33 bits per heavy atom. The molecule has 0 bridgehead atoms. The van der Waals surface area contributed by atoms with Crippen molar-refractivity contribution in [2.75, 3.05) is 39.3 Å². The minimum Gasteiger partial charge on any atom is -0.321 e. The summed E-state index contributed by atoms with van der Waals surface area (Å²) in [7, 11) is 0. The number of nitrogens with zero attached hydrogens (tertiary/aromatic N) is 2. The first kappa shape index (κ1) is 13.0. The number of imide groups is 1. The summed E-state index contributed by atoms with van der Waals surface area (Å²) in [5.41, 5.74) is 0. The van der Waals surface area contributed by atoms with Gasteiger partial charge >= 0.3 is 0 Å². The zero-order valence-corrected chi connectivity index (χ0v) is 10.4. The number of hydrogen-bond acceptors (Lipinski definition) is 5. The lowest BCUT2D eigenvalue weighted by molar-refractivity contribution is -0.150. The highest BCUT2D eigenvalue weighted by Gasteiger charge is 2.33. The van der Waals surface area contributed by atoms with Gasteiger partial charge in [0.25, 0.3) is 0 Å². The fourth-order valence-electron chi connectivity index (χ4n) is 2.17. The highest BCUT2D eigenvalue weighted by atomic mass is 16.2. The summed E-state index contributed by atoms with van der Waals surface area (Å²) in [5, 5.41) is 5.43. The molecule has 0 saturated carbocycles. The van der Waals surface area contributed by atoms with Crippen LogP contribution in [0, 0.1) is 0 Å². The standard InChI is InChI=1S/C11H18N4O3/c1-8-11(18)13-9(16)6-15(8)10(17)7-14-4-2-12-3-5-14/h8,12H,2-7H2,1H3,(H,13,16,18). The van der Waals surface area contributed by atoms with Crippen LogP contribution in [-0.2, 0) is 14.4 Å². The molecule has 3 amide bonds. The summed E-state index contributed by atoms with van der Waals surface area (Å²) >= 11 is 0. The molecule has 0 radical (unpaired) electrons. The minimum absolute atomic E-state index is 0.0299. The lowest BCUT2D eigenvalue weighted by atomic mass is 10.2.